The Labute approximate surface area is 82.4 Å². The normalized spacial score (nSPS) is 10.8. The lowest BCUT2D eigenvalue weighted by Crippen LogP contribution is -1.80. The van der Waals surface area contributed by atoms with E-state index < -0.39 is 0 Å². The van der Waals surface area contributed by atoms with Gasteiger partial charge in [-0.15, -0.1) is 11.3 Å². The van der Waals surface area contributed by atoms with E-state index in [1.165, 1.54) is 22.5 Å². The lowest BCUT2D eigenvalue weighted by molar-refractivity contribution is 0.791. The Morgan fingerprint density at radius 1 is 1.31 bits per heavy atom. The van der Waals surface area contributed by atoms with Crippen molar-refractivity contribution in [1.82, 2.24) is 4.98 Å². The third kappa shape index (κ3) is 1.89. The molecule has 0 amide bonds. The number of benzene rings is 1. The fourth-order valence-corrected chi connectivity index (χ4v) is 2.36. The average Bonchev–Trinajstić information content (AvgIpc) is 2.57. The van der Waals surface area contributed by atoms with E-state index in [0.717, 1.165) is 11.9 Å². The molecule has 0 saturated heterocycles. The van der Waals surface area contributed by atoms with Crippen LogP contribution < -0.4 is 0 Å². The highest BCUT2D eigenvalue weighted by Crippen LogP contribution is 2.22. The van der Waals surface area contributed by atoms with Gasteiger partial charge in [0.05, 0.1) is 15.2 Å². The number of hydrogen-bond donors (Lipinski definition) is 0. The van der Waals surface area contributed by atoms with Gasteiger partial charge in [-0.05, 0) is 25.0 Å². The van der Waals surface area contributed by atoms with E-state index in [1.807, 2.05) is 17.4 Å². The van der Waals surface area contributed by atoms with Crippen LogP contribution >= 0.6 is 11.3 Å². The molecule has 0 radical (unpaired) electrons. The van der Waals surface area contributed by atoms with Gasteiger partial charge in [-0.3, -0.25) is 0 Å². The van der Waals surface area contributed by atoms with Crippen molar-refractivity contribution in [3.8, 4) is 0 Å². The Balaban J connectivity index is 2.28. The summed E-state index contributed by atoms with van der Waals surface area (Å²) in [6, 6.07) is 8.35. The topological polar surface area (TPSA) is 12.9 Å². The second kappa shape index (κ2) is 3.88. The number of aromatic nitrogens is 1. The maximum Gasteiger partial charge on any atom is 0.0938 e. The zero-order valence-electron chi connectivity index (χ0n) is 7.79. The monoisotopic (exact) mass is 191 g/mol. The van der Waals surface area contributed by atoms with Crippen LogP contribution in [0.15, 0.2) is 24.3 Å². The van der Waals surface area contributed by atoms with Crippen molar-refractivity contribution in [2.75, 3.05) is 0 Å². The first kappa shape index (κ1) is 8.70. The van der Waals surface area contributed by atoms with Crippen molar-refractivity contribution < 1.29 is 0 Å². The molecule has 0 N–H and O–H groups in total. The standard InChI is InChI=1S/C11H13NS/c1-2-3-8-11-12-9-6-4-5-7-10(9)13-11/h4-7H,2-3,8H2,1H3. The first-order valence-electron chi connectivity index (χ1n) is 4.74. The highest BCUT2D eigenvalue weighted by atomic mass is 32.1. The molecule has 0 aliphatic rings. The number of hydrogen-bond acceptors (Lipinski definition) is 2. The van der Waals surface area contributed by atoms with Gasteiger partial charge in [0.2, 0.25) is 0 Å². The van der Waals surface area contributed by atoms with Crippen molar-refractivity contribution in [1.29, 1.82) is 0 Å². The smallest absolute Gasteiger partial charge is 0.0938 e. The van der Waals surface area contributed by atoms with Crippen LogP contribution in [0.2, 0.25) is 0 Å². The van der Waals surface area contributed by atoms with Crippen molar-refractivity contribution in [2.45, 2.75) is 26.2 Å². The first-order valence-corrected chi connectivity index (χ1v) is 5.56. The molecule has 2 heteroatoms. The summed E-state index contributed by atoms with van der Waals surface area (Å²) in [7, 11) is 0. The third-order valence-electron chi connectivity index (χ3n) is 2.08. The molecule has 0 aliphatic carbocycles. The van der Waals surface area contributed by atoms with Gasteiger partial charge < -0.3 is 0 Å². The summed E-state index contributed by atoms with van der Waals surface area (Å²) in [5, 5.41) is 1.28. The van der Waals surface area contributed by atoms with Crippen LogP contribution in [0.4, 0.5) is 0 Å². The average molecular weight is 191 g/mol. The zero-order valence-corrected chi connectivity index (χ0v) is 8.60. The third-order valence-corrected chi connectivity index (χ3v) is 3.18. The fraction of sp³-hybridized carbons (Fsp3) is 0.364. The number of fused-ring (bicyclic) bond motifs is 1. The summed E-state index contributed by atoms with van der Waals surface area (Å²) in [5.41, 5.74) is 1.15. The molecule has 1 heterocycles. The van der Waals surface area contributed by atoms with Gasteiger partial charge in [0, 0.05) is 0 Å². The summed E-state index contributed by atoms with van der Waals surface area (Å²) in [4.78, 5) is 4.57. The van der Waals surface area contributed by atoms with Gasteiger partial charge in [0.1, 0.15) is 0 Å². The molecule has 13 heavy (non-hydrogen) atoms. The largest absolute Gasteiger partial charge is 0.241 e. The van der Waals surface area contributed by atoms with Gasteiger partial charge in [0.25, 0.3) is 0 Å². The molecule has 0 spiro atoms. The minimum absolute atomic E-state index is 1.13. The van der Waals surface area contributed by atoms with Crippen molar-refractivity contribution in [3.05, 3.63) is 29.3 Å². The van der Waals surface area contributed by atoms with Crippen LogP contribution in [0.1, 0.15) is 24.8 Å². The number of para-hydroxylation sites is 1. The van der Waals surface area contributed by atoms with Crippen molar-refractivity contribution in [3.63, 3.8) is 0 Å². The predicted octanol–water partition coefficient (Wildman–Crippen LogP) is 3.64. The van der Waals surface area contributed by atoms with Crippen LogP contribution in [0.25, 0.3) is 10.2 Å². The van der Waals surface area contributed by atoms with Gasteiger partial charge in [-0.25, -0.2) is 4.98 Å². The molecule has 0 aliphatic heterocycles. The number of unbranched alkanes of at least 4 members (excludes halogenated alkanes) is 1. The Morgan fingerprint density at radius 2 is 2.15 bits per heavy atom. The lowest BCUT2D eigenvalue weighted by atomic mass is 10.3. The molecular formula is C11H13NS. The number of thiazole rings is 1. The molecular weight excluding hydrogens is 178 g/mol. The maximum absolute atomic E-state index is 4.57. The van der Waals surface area contributed by atoms with E-state index in [2.05, 4.69) is 30.1 Å². The molecule has 1 nitrogen and oxygen atoms in total. The summed E-state index contributed by atoms with van der Waals surface area (Å²) in [5.74, 6) is 0. The molecule has 2 aromatic rings. The highest BCUT2D eigenvalue weighted by Gasteiger charge is 2.01. The predicted molar refractivity (Wildman–Crippen MR) is 58.2 cm³/mol. The quantitative estimate of drug-likeness (QED) is 0.721. The summed E-state index contributed by atoms with van der Waals surface area (Å²) in [6.07, 6.45) is 3.63. The lowest BCUT2D eigenvalue weighted by Gasteiger charge is -1.89. The van der Waals surface area contributed by atoms with Crippen LogP contribution in [0.3, 0.4) is 0 Å². The van der Waals surface area contributed by atoms with E-state index in [0.29, 0.717) is 0 Å². The van der Waals surface area contributed by atoms with Gasteiger partial charge in [-0.2, -0.15) is 0 Å². The van der Waals surface area contributed by atoms with E-state index in [-0.39, 0.29) is 0 Å². The Hall–Kier alpha value is -0.890. The van der Waals surface area contributed by atoms with E-state index >= 15 is 0 Å². The molecule has 0 unspecified atom stereocenters. The van der Waals surface area contributed by atoms with Gasteiger partial charge >= 0.3 is 0 Å². The fourth-order valence-electron chi connectivity index (χ4n) is 1.35. The van der Waals surface area contributed by atoms with Crippen LogP contribution in [0.5, 0.6) is 0 Å². The molecule has 0 atom stereocenters. The van der Waals surface area contributed by atoms with E-state index in [9.17, 15) is 0 Å². The molecule has 2 rings (SSSR count). The minimum atomic E-state index is 1.13. The van der Waals surface area contributed by atoms with Crippen LogP contribution in [0, 0.1) is 0 Å². The summed E-state index contributed by atoms with van der Waals surface area (Å²) >= 11 is 1.83. The van der Waals surface area contributed by atoms with Gasteiger partial charge in [0.15, 0.2) is 0 Å². The Bertz CT molecular complexity index is 359. The first-order chi connectivity index (χ1) is 6.40. The molecule has 0 saturated carbocycles. The van der Waals surface area contributed by atoms with Crippen LogP contribution in [-0.2, 0) is 6.42 Å². The Morgan fingerprint density at radius 3 is 2.92 bits per heavy atom. The number of aryl methyl sites for hydroxylation is 1. The summed E-state index contributed by atoms with van der Waals surface area (Å²) in [6.45, 7) is 2.22. The van der Waals surface area contributed by atoms with E-state index in [1.54, 1.807) is 0 Å². The maximum atomic E-state index is 4.57. The molecule has 1 aromatic carbocycles. The second-order valence-corrected chi connectivity index (χ2v) is 4.29. The van der Waals surface area contributed by atoms with Crippen molar-refractivity contribution >= 4 is 21.6 Å². The highest BCUT2D eigenvalue weighted by molar-refractivity contribution is 7.18. The molecule has 68 valence electrons. The SMILES string of the molecule is CCCCc1nc2ccccc2s1. The van der Waals surface area contributed by atoms with Crippen molar-refractivity contribution in [2.24, 2.45) is 0 Å². The minimum Gasteiger partial charge on any atom is -0.241 e. The zero-order chi connectivity index (χ0) is 9.10. The van der Waals surface area contributed by atoms with Crippen LogP contribution in [-0.4, -0.2) is 4.98 Å². The molecule has 0 bridgehead atoms. The summed E-state index contributed by atoms with van der Waals surface area (Å²) < 4.78 is 1.31. The molecule has 1 aromatic heterocycles. The second-order valence-electron chi connectivity index (χ2n) is 3.18. The molecule has 0 fully saturated rings. The number of nitrogens with zero attached hydrogens (tertiary/aromatic N) is 1. The van der Waals surface area contributed by atoms with E-state index in [4.69, 9.17) is 0 Å². The van der Waals surface area contributed by atoms with Gasteiger partial charge in [-0.1, -0.05) is 25.5 Å². The number of rotatable bonds is 3. The Kier molecular flexibility index (Phi) is 2.60.